The number of hydrogen-bond acceptors (Lipinski definition) is 4. The Kier molecular flexibility index (Phi) is 3.04. The smallest absolute Gasteiger partial charge is 0.271 e. The molecule has 0 saturated heterocycles. The molecular weight excluding hydrogens is 282 g/mol. The van der Waals surface area contributed by atoms with E-state index in [9.17, 15) is 10.1 Å². The molecule has 0 bridgehead atoms. The topological polar surface area (TPSA) is 65.5 Å². The Morgan fingerprint density at radius 3 is 2.75 bits per heavy atom. The van der Waals surface area contributed by atoms with Gasteiger partial charge in [0.05, 0.1) is 21.6 Å². The molecule has 0 aliphatic rings. The average molecular weight is 290 g/mol. The largest absolute Gasteiger partial charge is 0.464 e. The van der Waals surface area contributed by atoms with Crippen LogP contribution in [-0.4, -0.2) is 4.92 Å². The summed E-state index contributed by atoms with van der Waals surface area (Å²) in [6.45, 7) is 0. The van der Waals surface area contributed by atoms with E-state index in [1.807, 2.05) is 6.07 Å². The van der Waals surface area contributed by atoms with Gasteiger partial charge in [0.2, 0.25) is 0 Å². The lowest BCUT2D eigenvalue weighted by atomic mass is 10.2. The molecular formula is C14H8ClNO4. The van der Waals surface area contributed by atoms with Gasteiger partial charge in [0.15, 0.2) is 0 Å². The summed E-state index contributed by atoms with van der Waals surface area (Å²) < 4.78 is 11.0. The first-order chi connectivity index (χ1) is 9.65. The fourth-order valence-electron chi connectivity index (χ4n) is 1.86. The summed E-state index contributed by atoms with van der Waals surface area (Å²) in [5.41, 5.74) is 0.615. The summed E-state index contributed by atoms with van der Waals surface area (Å²) in [5, 5.41) is 11.6. The third-order valence-electron chi connectivity index (χ3n) is 2.80. The van der Waals surface area contributed by atoms with E-state index in [4.69, 9.17) is 20.8 Å². The predicted octanol–water partition coefficient (Wildman–Crippen LogP) is 4.79. The van der Waals surface area contributed by atoms with Gasteiger partial charge in [0.1, 0.15) is 17.1 Å². The molecule has 0 atom stereocenters. The van der Waals surface area contributed by atoms with Crippen LogP contribution in [0.25, 0.3) is 11.0 Å². The Morgan fingerprint density at radius 2 is 2.00 bits per heavy atom. The van der Waals surface area contributed by atoms with E-state index in [-0.39, 0.29) is 10.7 Å². The SMILES string of the molecule is O=[N+]([O-])c1ccc(Oc2cccc3occc23)c(Cl)c1. The standard InChI is InChI=1S/C14H8ClNO4/c15-11-8-9(16(17)18)4-5-14(11)20-13-3-1-2-12-10(13)6-7-19-12/h1-8H. The number of nitrogens with zero attached hydrogens (tertiary/aromatic N) is 1. The van der Waals surface area contributed by atoms with E-state index in [1.165, 1.54) is 18.2 Å². The molecule has 6 heteroatoms. The molecule has 0 amide bonds. The van der Waals surface area contributed by atoms with Crippen LogP contribution < -0.4 is 4.74 Å². The molecule has 0 aliphatic carbocycles. The number of hydrogen-bond donors (Lipinski definition) is 0. The first-order valence-corrected chi connectivity index (χ1v) is 6.11. The second kappa shape index (κ2) is 4.86. The van der Waals surface area contributed by atoms with Gasteiger partial charge in [0, 0.05) is 12.1 Å². The molecule has 0 saturated carbocycles. The van der Waals surface area contributed by atoms with Gasteiger partial charge in [0.25, 0.3) is 5.69 Å². The third kappa shape index (κ3) is 2.19. The summed E-state index contributed by atoms with van der Waals surface area (Å²) in [7, 11) is 0. The quantitative estimate of drug-likeness (QED) is 0.514. The van der Waals surface area contributed by atoms with Crippen molar-refractivity contribution < 1.29 is 14.1 Å². The first kappa shape index (κ1) is 12.5. The van der Waals surface area contributed by atoms with Crippen LogP contribution in [-0.2, 0) is 0 Å². The summed E-state index contributed by atoms with van der Waals surface area (Å²) in [5.74, 6) is 0.929. The number of ether oxygens (including phenoxy) is 1. The number of nitro groups is 1. The Morgan fingerprint density at radius 1 is 1.15 bits per heavy atom. The van der Waals surface area contributed by atoms with Gasteiger partial charge in [-0.05, 0) is 24.3 Å². The third-order valence-corrected chi connectivity index (χ3v) is 3.10. The highest BCUT2D eigenvalue weighted by Gasteiger charge is 2.12. The van der Waals surface area contributed by atoms with Crippen molar-refractivity contribution in [3.05, 3.63) is 63.9 Å². The Balaban J connectivity index is 1.99. The molecule has 0 radical (unpaired) electrons. The van der Waals surface area contributed by atoms with Crippen molar-refractivity contribution in [2.75, 3.05) is 0 Å². The van der Waals surface area contributed by atoms with Crippen molar-refractivity contribution in [3.8, 4) is 11.5 Å². The minimum absolute atomic E-state index is 0.0798. The molecule has 0 spiro atoms. The van der Waals surface area contributed by atoms with Crippen LogP contribution in [0.1, 0.15) is 0 Å². The van der Waals surface area contributed by atoms with Gasteiger partial charge in [-0.1, -0.05) is 17.7 Å². The zero-order valence-electron chi connectivity index (χ0n) is 10.1. The molecule has 100 valence electrons. The number of nitro benzene ring substituents is 1. The maximum Gasteiger partial charge on any atom is 0.271 e. The molecule has 0 N–H and O–H groups in total. The zero-order valence-corrected chi connectivity index (χ0v) is 10.8. The Bertz CT molecular complexity index is 797. The Hall–Kier alpha value is -2.53. The van der Waals surface area contributed by atoms with Crippen LogP contribution in [0.2, 0.25) is 5.02 Å². The van der Waals surface area contributed by atoms with Gasteiger partial charge in [-0.2, -0.15) is 0 Å². The number of non-ortho nitro benzene ring substituents is 1. The van der Waals surface area contributed by atoms with Crippen molar-refractivity contribution in [2.24, 2.45) is 0 Å². The van der Waals surface area contributed by atoms with Gasteiger partial charge in [-0.3, -0.25) is 10.1 Å². The van der Waals surface area contributed by atoms with Crippen LogP contribution >= 0.6 is 11.6 Å². The second-order valence-electron chi connectivity index (χ2n) is 4.06. The minimum atomic E-state index is -0.507. The van der Waals surface area contributed by atoms with Crippen LogP contribution in [0.5, 0.6) is 11.5 Å². The number of furan rings is 1. The monoisotopic (exact) mass is 289 g/mol. The van der Waals surface area contributed by atoms with Crippen LogP contribution in [0, 0.1) is 10.1 Å². The fraction of sp³-hybridized carbons (Fsp3) is 0. The predicted molar refractivity (Wildman–Crippen MR) is 74.4 cm³/mol. The highest BCUT2D eigenvalue weighted by Crippen LogP contribution is 2.35. The summed E-state index contributed by atoms with van der Waals surface area (Å²) in [4.78, 5) is 10.1. The fourth-order valence-corrected chi connectivity index (χ4v) is 2.07. The molecule has 0 aliphatic heterocycles. The summed E-state index contributed by atoms with van der Waals surface area (Å²) in [6, 6.07) is 11.2. The van der Waals surface area contributed by atoms with Crippen molar-refractivity contribution in [1.29, 1.82) is 0 Å². The second-order valence-corrected chi connectivity index (χ2v) is 4.47. The zero-order chi connectivity index (χ0) is 14.1. The summed E-state index contributed by atoms with van der Waals surface area (Å²) in [6.07, 6.45) is 1.56. The molecule has 20 heavy (non-hydrogen) atoms. The molecule has 0 unspecified atom stereocenters. The van der Waals surface area contributed by atoms with E-state index in [0.29, 0.717) is 17.1 Å². The maximum atomic E-state index is 10.7. The van der Waals surface area contributed by atoms with Gasteiger partial charge < -0.3 is 9.15 Å². The molecule has 5 nitrogen and oxygen atoms in total. The van der Waals surface area contributed by atoms with E-state index >= 15 is 0 Å². The van der Waals surface area contributed by atoms with E-state index in [2.05, 4.69) is 0 Å². The van der Waals surface area contributed by atoms with Crippen LogP contribution in [0.15, 0.2) is 53.1 Å². The lowest BCUT2D eigenvalue weighted by Crippen LogP contribution is -1.90. The average Bonchev–Trinajstić information content (AvgIpc) is 2.90. The molecule has 2 aromatic carbocycles. The number of rotatable bonds is 3. The van der Waals surface area contributed by atoms with Gasteiger partial charge in [-0.15, -0.1) is 0 Å². The molecule has 3 rings (SSSR count). The van der Waals surface area contributed by atoms with Gasteiger partial charge in [-0.25, -0.2) is 0 Å². The molecule has 0 fully saturated rings. The van der Waals surface area contributed by atoms with E-state index in [0.717, 1.165) is 5.39 Å². The number of fused-ring (bicyclic) bond motifs is 1. The molecule has 1 aromatic heterocycles. The van der Waals surface area contributed by atoms with Gasteiger partial charge >= 0.3 is 0 Å². The van der Waals surface area contributed by atoms with Crippen molar-refractivity contribution in [3.63, 3.8) is 0 Å². The van der Waals surface area contributed by atoms with Crippen molar-refractivity contribution >= 4 is 28.3 Å². The van der Waals surface area contributed by atoms with Crippen LogP contribution in [0.4, 0.5) is 5.69 Å². The normalized spacial score (nSPS) is 10.7. The minimum Gasteiger partial charge on any atom is -0.464 e. The number of halogens is 1. The van der Waals surface area contributed by atoms with Crippen LogP contribution in [0.3, 0.4) is 0 Å². The molecule has 3 aromatic rings. The highest BCUT2D eigenvalue weighted by atomic mass is 35.5. The first-order valence-electron chi connectivity index (χ1n) is 5.73. The van der Waals surface area contributed by atoms with E-state index < -0.39 is 4.92 Å². The summed E-state index contributed by atoms with van der Waals surface area (Å²) >= 11 is 6.00. The maximum absolute atomic E-state index is 10.7. The lowest BCUT2D eigenvalue weighted by molar-refractivity contribution is -0.384. The number of benzene rings is 2. The van der Waals surface area contributed by atoms with Crippen molar-refractivity contribution in [1.82, 2.24) is 0 Å². The lowest BCUT2D eigenvalue weighted by Gasteiger charge is -2.08. The molecule has 1 heterocycles. The van der Waals surface area contributed by atoms with E-state index in [1.54, 1.807) is 24.5 Å². The highest BCUT2D eigenvalue weighted by molar-refractivity contribution is 6.32. The van der Waals surface area contributed by atoms with Crippen molar-refractivity contribution in [2.45, 2.75) is 0 Å². The Labute approximate surface area is 118 Å².